The van der Waals surface area contributed by atoms with Crippen molar-refractivity contribution in [1.29, 1.82) is 0 Å². The topological polar surface area (TPSA) is 23.6 Å². The number of piperidine rings is 1. The summed E-state index contributed by atoms with van der Waals surface area (Å²) < 4.78 is 13.4. The van der Waals surface area contributed by atoms with Crippen LogP contribution in [-0.4, -0.2) is 53.0 Å². The summed E-state index contributed by atoms with van der Waals surface area (Å²) in [6, 6.07) is 4.65. The van der Waals surface area contributed by atoms with Crippen LogP contribution in [-0.2, 0) is 6.42 Å². The van der Waals surface area contributed by atoms with E-state index in [2.05, 4.69) is 9.80 Å². The molecule has 2 saturated heterocycles. The predicted molar refractivity (Wildman–Crippen MR) is 105 cm³/mol. The highest BCUT2D eigenvalue weighted by atomic mass is 35.5. The second-order valence-electron chi connectivity index (χ2n) is 8.04. The van der Waals surface area contributed by atoms with Gasteiger partial charge in [0.1, 0.15) is 5.82 Å². The van der Waals surface area contributed by atoms with E-state index in [-0.39, 0.29) is 11.1 Å². The molecule has 4 rings (SSSR count). The molecule has 3 nitrogen and oxygen atoms in total. The number of nitrogens with zero attached hydrogens (tertiary/aromatic N) is 2. The molecule has 1 aromatic rings. The van der Waals surface area contributed by atoms with Crippen molar-refractivity contribution in [3.05, 3.63) is 34.6 Å². The standard InChI is InChI=1S/C20H26ClFN2OS/c21-19-4-3-17(22)10-16(19)9-14-5-7-23(8-6-14)12-18-13-24(20(25)26-18)11-15-1-2-15/h3-4,10,14-15,18H,1-2,5-9,11-13H2. The fourth-order valence-electron chi connectivity index (χ4n) is 4.10. The van der Waals surface area contributed by atoms with Crippen LogP contribution in [0.3, 0.4) is 0 Å². The molecular formula is C20H26ClFN2OS. The number of hydrogen-bond acceptors (Lipinski definition) is 3. The molecule has 3 aliphatic rings. The lowest BCUT2D eigenvalue weighted by molar-refractivity contribution is 0.179. The predicted octanol–water partition coefficient (Wildman–Crippen LogP) is 4.68. The van der Waals surface area contributed by atoms with E-state index in [1.165, 1.54) is 30.7 Å². The van der Waals surface area contributed by atoms with E-state index in [1.54, 1.807) is 12.1 Å². The van der Waals surface area contributed by atoms with Crippen LogP contribution in [0.4, 0.5) is 9.18 Å². The van der Waals surface area contributed by atoms with E-state index in [0.29, 0.717) is 16.2 Å². The van der Waals surface area contributed by atoms with Crippen molar-refractivity contribution < 1.29 is 9.18 Å². The second-order valence-corrected chi connectivity index (χ2v) is 9.70. The summed E-state index contributed by atoms with van der Waals surface area (Å²) >= 11 is 7.74. The van der Waals surface area contributed by atoms with E-state index in [9.17, 15) is 9.18 Å². The molecule has 0 bridgehead atoms. The van der Waals surface area contributed by atoms with Gasteiger partial charge in [-0.05, 0) is 80.8 Å². The van der Waals surface area contributed by atoms with E-state index in [1.807, 2.05) is 0 Å². The number of carbonyl (C=O) groups is 1. The highest BCUT2D eigenvalue weighted by molar-refractivity contribution is 8.14. The number of hydrogen-bond donors (Lipinski definition) is 0. The van der Waals surface area contributed by atoms with Crippen molar-refractivity contribution in [3.63, 3.8) is 0 Å². The third-order valence-electron chi connectivity index (χ3n) is 5.81. The Labute approximate surface area is 164 Å². The van der Waals surface area contributed by atoms with Gasteiger partial charge in [0, 0.05) is 29.9 Å². The molecule has 1 amide bonds. The number of carbonyl (C=O) groups excluding carboxylic acids is 1. The number of amides is 1. The fraction of sp³-hybridized carbons (Fsp3) is 0.650. The second kappa shape index (κ2) is 8.07. The molecule has 0 N–H and O–H groups in total. The van der Waals surface area contributed by atoms with Crippen molar-refractivity contribution in [2.75, 3.05) is 32.7 Å². The van der Waals surface area contributed by atoms with E-state index in [0.717, 1.165) is 63.5 Å². The smallest absolute Gasteiger partial charge is 0.282 e. The van der Waals surface area contributed by atoms with Gasteiger partial charge in [0.05, 0.1) is 0 Å². The zero-order valence-corrected chi connectivity index (χ0v) is 16.6. The lowest BCUT2D eigenvalue weighted by atomic mass is 9.90. The van der Waals surface area contributed by atoms with Crippen molar-refractivity contribution >= 4 is 28.6 Å². The average molecular weight is 397 g/mol. The third kappa shape index (κ3) is 4.73. The monoisotopic (exact) mass is 396 g/mol. The van der Waals surface area contributed by atoms with Gasteiger partial charge in [-0.15, -0.1) is 0 Å². The van der Waals surface area contributed by atoms with Crippen LogP contribution in [0.25, 0.3) is 0 Å². The summed E-state index contributed by atoms with van der Waals surface area (Å²) in [4.78, 5) is 16.7. The van der Waals surface area contributed by atoms with Crippen molar-refractivity contribution in [3.8, 4) is 0 Å². The maximum atomic E-state index is 13.4. The first kappa shape index (κ1) is 18.6. The van der Waals surface area contributed by atoms with Crippen LogP contribution in [0.1, 0.15) is 31.2 Å². The van der Waals surface area contributed by atoms with Crippen molar-refractivity contribution in [2.24, 2.45) is 11.8 Å². The van der Waals surface area contributed by atoms with Gasteiger partial charge < -0.3 is 9.80 Å². The molecule has 3 fully saturated rings. The van der Waals surface area contributed by atoms with Crippen LogP contribution >= 0.6 is 23.4 Å². The van der Waals surface area contributed by atoms with Crippen LogP contribution in [0, 0.1) is 17.7 Å². The summed E-state index contributed by atoms with van der Waals surface area (Å²) in [5.74, 6) is 1.12. The maximum Gasteiger partial charge on any atom is 0.282 e. The minimum absolute atomic E-state index is 0.208. The third-order valence-corrected chi connectivity index (χ3v) is 7.27. The normalized spacial score (nSPS) is 25.2. The first-order chi connectivity index (χ1) is 12.6. The Bertz CT molecular complexity index is 661. The molecule has 26 heavy (non-hydrogen) atoms. The number of benzene rings is 1. The van der Waals surface area contributed by atoms with Gasteiger partial charge >= 0.3 is 0 Å². The van der Waals surface area contributed by atoms with Gasteiger partial charge in [0.25, 0.3) is 5.24 Å². The molecule has 0 aromatic heterocycles. The SMILES string of the molecule is O=C1SC(CN2CCC(Cc3cc(F)ccc3Cl)CC2)CN1CC1CC1. The Hall–Kier alpha value is -0.780. The Kier molecular flexibility index (Phi) is 5.77. The molecule has 1 atom stereocenters. The molecule has 0 radical (unpaired) electrons. The molecule has 1 saturated carbocycles. The number of rotatable bonds is 6. The fourth-order valence-corrected chi connectivity index (χ4v) is 5.42. The largest absolute Gasteiger partial charge is 0.332 e. The molecule has 6 heteroatoms. The van der Waals surface area contributed by atoms with Crippen LogP contribution in [0.5, 0.6) is 0 Å². The van der Waals surface area contributed by atoms with Gasteiger partial charge in [-0.1, -0.05) is 23.4 Å². The lowest BCUT2D eigenvalue weighted by Crippen LogP contribution is -2.39. The van der Waals surface area contributed by atoms with Crippen molar-refractivity contribution in [1.82, 2.24) is 9.80 Å². The summed E-state index contributed by atoms with van der Waals surface area (Å²) in [6.07, 6.45) is 5.67. The molecular weight excluding hydrogens is 371 g/mol. The first-order valence-corrected chi connectivity index (χ1v) is 10.9. The van der Waals surface area contributed by atoms with Crippen LogP contribution in [0.2, 0.25) is 5.02 Å². The Morgan fingerprint density at radius 1 is 1.12 bits per heavy atom. The lowest BCUT2D eigenvalue weighted by Gasteiger charge is -2.33. The van der Waals surface area contributed by atoms with Gasteiger partial charge in [-0.2, -0.15) is 0 Å². The number of likely N-dealkylation sites (tertiary alicyclic amines) is 1. The minimum atomic E-state index is -0.208. The zero-order chi connectivity index (χ0) is 18.1. The zero-order valence-electron chi connectivity index (χ0n) is 15.0. The molecule has 2 heterocycles. The summed E-state index contributed by atoms with van der Waals surface area (Å²) in [7, 11) is 0. The van der Waals surface area contributed by atoms with Gasteiger partial charge in [-0.3, -0.25) is 4.79 Å². The van der Waals surface area contributed by atoms with E-state index >= 15 is 0 Å². The molecule has 1 unspecified atom stereocenters. The van der Waals surface area contributed by atoms with Crippen molar-refractivity contribution in [2.45, 2.75) is 37.4 Å². The quantitative estimate of drug-likeness (QED) is 0.697. The summed E-state index contributed by atoms with van der Waals surface area (Å²) in [6.45, 7) is 5.01. The minimum Gasteiger partial charge on any atom is -0.332 e. The van der Waals surface area contributed by atoms with E-state index < -0.39 is 0 Å². The first-order valence-electron chi connectivity index (χ1n) is 9.68. The number of thioether (sulfide) groups is 1. The molecule has 2 aliphatic heterocycles. The van der Waals surface area contributed by atoms with Gasteiger partial charge in [-0.25, -0.2) is 4.39 Å². The average Bonchev–Trinajstić information content (AvgIpc) is 3.36. The molecule has 1 aromatic carbocycles. The number of halogens is 2. The highest BCUT2D eigenvalue weighted by Crippen LogP contribution is 2.35. The van der Waals surface area contributed by atoms with Gasteiger partial charge in [0.2, 0.25) is 0 Å². The van der Waals surface area contributed by atoms with Crippen LogP contribution < -0.4 is 0 Å². The van der Waals surface area contributed by atoms with Gasteiger partial charge in [0.15, 0.2) is 0 Å². The highest BCUT2D eigenvalue weighted by Gasteiger charge is 2.35. The Morgan fingerprint density at radius 3 is 2.62 bits per heavy atom. The summed E-state index contributed by atoms with van der Waals surface area (Å²) in [5.41, 5.74) is 0.928. The summed E-state index contributed by atoms with van der Waals surface area (Å²) in [5, 5.41) is 1.36. The van der Waals surface area contributed by atoms with E-state index in [4.69, 9.17) is 11.6 Å². The molecule has 1 aliphatic carbocycles. The molecule has 0 spiro atoms. The maximum absolute atomic E-state index is 13.4. The molecule has 142 valence electrons. The van der Waals surface area contributed by atoms with Crippen LogP contribution in [0.15, 0.2) is 18.2 Å². The Balaban J connectivity index is 1.22. The Morgan fingerprint density at radius 2 is 1.88 bits per heavy atom.